The molecule has 0 spiro atoms. The van der Waals surface area contributed by atoms with Crippen molar-refractivity contribution in [1.82, 2.24) is 4.90 Å². The van der Waals surface area contributed by atoms with Gasteiger partial charge in [0.1, 0.15) is 18.5 Å². The first-order valence-electron chi connectivity index (χ1n) is 10.6. The summed E-state index contributed by atoms with van der Waals surface area (Å²) in [5.41, 5.74) is 4.06. The molecule has 4 rings (SSSR count). The van der Waals surface area contributed by atoms with Crippen LogP contribution in [0.1, 0.15) is 31.4 Å². The minimum absolute atomic E-state index is 0.115. The van der Waals surface area contributed by atoms with Crippen LogP contribution in [0, 0.1) is 0 Å². The van der Waals surface area contributed by atoms with Gasteiger partial charge in [-0.2, -0.15) is 0 Å². The summed E-state index contributed by atoms with van der Waals surface area (Å²) >= 11 is 0. The molecule has 0 N–H and O–H groups in total. The highest BCUT2D eigenvalue weighted by Crippen LogP contribution is 2.37. The molecule has 0 amide bonds. The smallest absolute Gasteiger partial charge is 0.143 e. The molecule has 1 saturated heterocycles. The van der Waals surface area contributed by atoms with Crippen LogP contribution in [0.4, 0.5) is 5.69 Å². The van der Waals surface area contributed by atoms with Gasteiger partial charge in [-0.15, -0.1) is 0 Å². The van der Waals surface area contributed by atoms with E-state index in [9.17, 15) is 0 Å². The van der Waals surface area contributed by atoms with Gasteiger partial charge in [-0.1, -0.05) is 42.5 Å². The zero-order valence-electron chi connectivity index (χ0n) is 17.1. The summed E-state index contributed by atoms with van der Waals surface area (Å²) < 4.78 is 12.3. The number of rotatable bonds is 6. The fraction of sp³-hybridized carbons (Fsp3) is 0.500. The molecular formula is C24H32N2O2. The Balaban J connectivity index is 1.39. The fourth-order valence-electron chi connectivity index (χ4n) is 4.33. The first kappa shape index (κ1) is 19.3. The fourth-order valence-corrected chi connectivity index (χ4v) is 4.33. The van der Waals surface area contributed by atoms with E-state index in [1.165, 1.54) is 23.2 Å². The van der Waals surface area contributed by atoms with Gasteiger partial charge in [-0.3, -0.25) is 4.90 Å². The molecule has 0 unspecified atom stereocenters. The van der Waals surface area contributed by atoms with Crippen molar-refractivity contribution in [1.29, 1.82) is 0 Å². The summed E-state index contributed by atoms with van der Waals surface area (Å²) in [6, 6.07) is 17.6. The summed E-state index contributed by atoms with van der Waals surface area (Å²) in [7, 11) is 0. The molecule has 150 valence electrons. The van der Waals surface area contributed by atoms with Crippen LogP contribution in [0.3, 0.4) is 0 Å². The van der Waals surface area contributed by atoms with Crippen LogP contribution >= 0.6 is 0 Å². The molecule has 2 aromatic carbocycles. The predicted octanol–water partition coefficient (Wildman–Crippen LogP) is 4.13. The van der Waals surface area contributed by atoms with Crippen molar-refractivity contribution < 1.29 is 9.47 Å². The van der Waals surface area contributed by atoms with Crippen LogP contribution < -0.4 is 9.64 Å². The topological polar surface area (TPSA) is 24.9 Å². The van der Waals surface area contributed by atoms with Gasteiger partial charge >= 0.3 is 0 Å². The van der Waals surface area contributed by atoms with E-state index in [4.69, 9.17) is 9.47 Å². The number of hydrogen-bond donors (Lipinski definition) is 0. The first-order valence-corrected chi connectivity index (χ1v) is 10.6. The molecule has 2 aliphatic rings. The average Bonchev–Trinajstić information content (AvgIpc) is 2.72. The zero-order chi connectivity index (χ0) is 19.3. The zero-order valence-corrected chi connectivity index (χ0v) is 17.1. The lowest BCUT2D eigenvalue weighted by Gasteiger charge is -2.37. The Bertz CT molecular complexity index is 762. The van der Waals surface area contributed by atoms with Crippen LogP contribution in [-0.2, 0) is 17.7 Å². The van der Waals surface area contributed by atoms with Gasteiger partial charge in [0.25, 0.3) is 0 Å². The van der Waals surface area contributed by atoms with E-state index >= 15 is 0 Å². The maximum absolute atomic E-state index is 6.33. The van der Waals surface area contributed by atoms with Crippen molar-refractivity contribution in [3.05, 3.63) is 59.7 Å². The van der Waals surface area contributed by atoms with Gasteiger partial charge in [0.05, 0.1) is 12.3 Å². The third-order valence-corrected chi connectivity index (χ3v) is 5.73. The van der Waals surface area contributed by atoms with E-state index in [-0.39, 0.29) is 6.10 Å². The van der Waals surface area contributed by atoms with Crippen molar-refractivity contribution >= 4 is 5.69 Å². The molecule has 2 heterocycles. The Hall–Kier alpha value is -2.04. The van der Waals surface area contributed by atoms with Crippen LogP contribution in [0.2, 0.25) is 0 Å². The molecule has 1 atom stereocenters. The van der Waals surface area contributed by atoms with Crippen LogP contribution in [0.25, 0.3) is 0 Å². The Kier molecular flexibility index (Phi) is 6.18. The normalized spacial score (nSPS) is 20.2. The summed E-state index contributed by atoms with van der Waals surface area (Å²) in [5, 5.41) is 0. The largest absolute Gasteiger partial charge is 0.489 e. The molecule has 0 aromatic heterocycles. The second-order valence-electron chi connectivity index (χ2n) is 8.18. The van der Waals surface area contributed by atoms with Crippen molar-refractivity contribution in [3.63, 3.8) is 0 Å². The average molecular weight is 381 g/mol. The first-order chi connectivity index (χ1) is 13.7. The van der Waals surface area contributed by atoms with Gasteiger partial charge in [0, 0.05) is 32.2 Å². The molecule has 2 aromatic rings. The molecule has 0 radical (unpaired) electrons. The second kappa shape index (κ2) is 8.97. The van der Waals surface area contributed by atoms with Crippen molar-refractivity contribution in [3.8, 4) is 5.75 Å². The summed E-state index contributed by atoms with van der Waals surface area (Å²) in [6.45, 7) is 9.87. The van der Waals surface area contributed by atoms with E-state index in [0.29, 0.717) is 12.6 Å². The molecule has 0 aliphatic carbocycles. The minimum atomic E-state index is 0.115. The van der Waals surface area contributed by atoms with Gasteiger partial charge in [0.2, 0.25) is 0 Å². The number of ether oxygens (including phenoxy) is 2. The monoisotopic (exact) mass is 380 g/mol. The van der Waals surface area contributed by atoms with Crippen LogP contribution in [0.15, 0.2) is 48.5 Å². The number of fused-ring (bicyclic) bond motifs is 1. The third-order valence-electron chi connectivity index (χ3n) is 5.73. The molecule has 4 heteroatoms. The summed E-state index contributed by atoms with van der Waals surface area (Å²) in [6.07, 6.45) is 2.47. The Morgan fingerprint density at radius 2 is 1.93 bits per heavy atom. The molecule has 0 bridgehead atoms. The Morgan fingerprint density at radius 1 is 1.07 bits per heavy atom. The number of morpholine rings is 1. The maximum atomic E-state index is 6.33. The van der Waals surface area contributed by atoms with Gasteiger partial charge < -0.3 is 14.4 Å². The number of hydrogen-bond acceptors (Lipinski definition) is 4. The third kappa shape index (κ3) is 4.50. The van der Waals surface area contributed by atoms with E-state index in [1.54, 1.807) is 0 Å². The number of aryl methyl sites for hydroxylation is 1. The maximum Gasteiger partial charge on any atom is 0.143 e. The molecule has 0 saturated carbocycles. The molecule has 28 heavy (non-hydrogen) atoms. The number of anilines is 1. The molecule has 1 fully saturated rings. The highest BCUT2D eigenvalue weighted by atomic mass is 16.5. The van der Waals surface area contributed by atoms with Crippen LogP contribution in [0.5, 0.6) is 5.75 Å². The van der Waals surface area contributed by atoms with Gasteiger partial charge in [-0.25, -0.2) is 0 Å². The van der Waals surface area contributed by atoms with E-state index < -0.39 is 0 Å². The highest BCUT2D eigenvalue weighted by Gasteiger charge is 2.25. The Morgan fingerprint density at radius 3 is 2.75 bits per heavy atom. The second-order valence-corrected chi connectivity index (χ2v) is 8.18. The lowest BCUT2D eigenvalue weighted by Crippen LogP contribution is -2.44. The predicted molar refractivity (Wildman–Crippen MR) is 114 cm³/mol. The number of nitrogens with zero attached hydrogens (tertiary/aromatic N) is 2. The lowest BCUT2D eigenvalue weighted by atomic mass is 9.99. The lowest BCUT2D eigenvalue weighted by molar-refractivity contribution is -0.0503. The van der Waals surface area contributed by atoms with Crippen LogP contribution in [-0.4, -0.2) is 49.9 Å². The summed E-state index contributed by atoms with van der Waals surface area (Å²) in [5.74, 6) is 1.01. The standard InChI is InChI=1S/C24H32N2O2/c1-19(2)26-13-7-11-21-10-6-12-23(24(21)26)28-18-22-17-25(14-15-27-22)16-20-8-4-3-5-9-20/h3-6,8-10,12,19,22H,7,11,13-18H2,1-2H3/t22-/m0/s1. The van der Waals surface area contributed by atoms with E-state index in [2.05, 4.69) is 72.2 Å². The number of para-hydroxylation sites is 1. The van der Waals surface area contributed by atoms with E-state index in [0.717, 1.165) is 45.0 Å². The molecular weight excluding hydrogens is 348 g/mol. The Labute approximate surface area is 169 Å². The van der Waals surface area contributed by atoms with Crippen molar-refractivity contribution in [2.45, 2.75) is 45.4 Å². The summed E-state index contributed by atoms with van der Waals surface area (Å²) in [4.78, 5) is 4.95. The van der Waals surface area contributed by atoms with Crippen molar-refractivity contribution in [2.75, 3.05) is 37.7 Å². The van der Waals surface area contributed by atoms with Gasteiger partial charge in [0.15, 0.2) is 0 Å². The highest BCUT2D eigenvalue weighted by molar-refractivity contribution is 5.65. The van der Waals surface area contributed by atoms with E-state index in [1.807, 2.05) is 0 Å². The molecule has 2 aliphatic heterocycles. The number of benzene rings is 2. The minimum Gasteiger partial charge on any atom is -0.489 e. The quantitative estimate of drug-likeness (QED) is 0.752. The van der Waals surface area contributed by atoms with Crippen molar-refractivity contribution in [2.24, 2.45) is 0 Å². The molecule has 4 nitrogen and oxygen atoms in total. The SMILES string of the molecule is CC(C)N1CCCc2cccc(OC[C@@H]3CN(Cc4ccccc4)CCO3)c21. The van der Waals surface area contributed by atoms with Gasteiger partial charge in [-0.05, 0) is 43.9 Å².